The third-order valence-electron chi connectivity index (χ3n) is 11.2. The van der Waals surface area contributed by atoms with Gasteiger partial charge in [0.25, 0.3) is 0 Å². The number of ether oxygens (including phenoxy) is 1. The molecule has 2 aliphatic heterocycles. The molecule has 0 radical (unpaired) electrons. The topological polar surface area (TPSA) is 207 Å². The minimum Gasteiger partial charge on any atom is -0.501 e. The number of aromatic nitrogens is 4. The molecule has 0 unspecified atom stereocenters. The number of aryl methyl sites for hydroxylation is 2. The molecule has 20 heteroatoms. The fourth-order valence-corrected chi connectivity index (χ4v) is 10.8. The predicted molar refractivity (Wildman–Crippen MR) is 245 cm³/mol. The number of ketones is 2. The highest BCUT2D eigenvalue weighted by atomic mass is 32.2. The minimum absolute atomic E-state index is 0.0219. The Morgan fingerprint density at radius 1 is 0.597 bits per heavy atom. The molecule has 7 aromatic rings. The normalized spacial score (nSPS) is 15.1. The molecular weight excluding hydrogens is 911 g/mol. The molecule has 3 aromatic carbocycles. The first-order valence-corrected chi connectivity index (χ1v) is 24.3. The van der Waals surface area contributed by atoms with Crippen LogP contribution in [0.3, 0.4) is 0 Å². The number of nitrogens with zero attached hydrogens (tertiary/aromatic N) is 6. The van der Waals surface area contributed by atoms with Crippen molar-refractivity contribution in [3.63, 3.8) is 0 Å². The number of carbonyl (C=O) groups is 2. The molecule has 2 fully saturated rings. The maximum atomic E-state index is 13.6. The Hall–Kier alpha value is -7.32. The predicted octanol–water partition coefficient (Wildman–Crippen LogP) is 5.66. The zero-order valence-electron chi connectivity index (χ0n) is 35.6. The molecule has 0 aliphatic carbocycles. The molecule has 67 heavy (non-hydrogen) atoms. The van der Waals surface area contributed by atoms with E-state index in [1.165, 1.54) is 67.9 Å². The molecule has 2 saturated heterocycles. The zero-order valence-corrected chi connectivity index (χ0v) is 37.3. The highest BCUT2D eigenvalue weighted by Crippen LogP contribution is 2.27. The maximum absolute atomic E-state index is 13.6. The molecule has 0 saturated carbocycles. The highest BCUT2D eigenvalue weighted by Gasteiger charge is 2.31. The van der Waals surface area contributed by atoms with Crippen molar-refractivity contribution < 1.29 is 45.0 Å². The standard InChI is InChI=1S/C27H24FN3O5S.C20H18FN3O5S/c28-21-10-7-19(8-11-21)9-13-23(32)25-26(36-18-20-5-2-1-3-6-20)27(33)30-17-22(12-14-24(30)29-25)31-15-4-16-37(31,34)35;21-14-5-2-13(3-6-14)4-8-16(25)18-19(26)20(27)23-12-15(7-9-17(23)22-18)24-10-1-11-30(24,28)29/h1-3,5-8,10-12,14,17H,4,9,13,15-16,18H2;2-3,5-7,9,12,26H,1,4,8,10-11H2. The zero-order chi connectivity index (χ0) is 47.5. The van der Waals surface area contributed by atoms with Gasteiger partial charge in [-0.2, -0.15) is 0 Å². The Labute approximate surface area is 382 Å². The van der Waals surface area contributed by atoms with Gasteiger partial charge in [-0.15, -0.1) is 0 Å². The van der Waals surface area contributed by atoms with E-state index < -0.39 is 48.5 Å². The second kappa shape index (κ2) is 19.3. The Morgan fingerprint density at radius 3 is 1.54 bits per heavy atom. The number of Topliss-reactive ketones (excluding diaryl/α,β-unsaturated/α-hetero) is 2. The number of aromatic hydroxyl groups is 1. The summed E-state index contributed by atoms with van der Waals surface area (Å²) in [5.41, 5.74) is 1.35. The summed E-state index contributed by atoms with van der Waals surface area (Å²) in [5, 5.41) is 10.3. The molecule has 0 spiro atoms. The van der Waals surface area contributed by atoms with Gasteiger partial charge in [-0.25, -0.2) is 35.6 Å². The van der Waals surface area contributed by atoms with Crippen molar-refractivity contribution in [2.45, 2.75) is 45.1 Å². The lowest BCUT2D eigenvalue weighted by Gasteiger charge is -2.18. The smallest absolute Gasteiger partial charge is 0.301 e. The summed E-state index contributed by atoms with van der Waals surface area (Å²) in [4.78, 5) is 60.4. The van der Waals surface area contributed by atoms with Gasteiger partial charge in [-0.05, 0) is 90.9 Å². The lowest BCUT2D eigenvalue weighted by molar-refractivity contribution is 0.0965. The largest absolute Gasteiger partial charge is 0.501 e. The number of sulfonamides is 2. The van der Waals surface area contributed by atoms with Gasteiger partial charge < -0.3 is 9.84 Å². The quantitative estimate of drug-likeness (QED) is 0.139. The van der Waals surface area contributed by atoms with Gasteiger partial charge >= 0.3 is 11.1 Å². The Kier molecular flexibility index (Phi) is 13.3. The van der Waals surface area contributed by atoms with Crippen LogP contribution in [0.4, 0.5) is 20.2 Å². The van der Waals surface area contributed by atoms with E-state index in [0.717, 1.165) is 21.1 Å². The van der Waals surface area contributed by atoms with Gasteiger partial charge in [0.2, 0.25) is 31.5 Å². The number of carbonyl (C=O) groups excluding carboxylic acids is 2. The van der Waals surface area contributed by atoms with Crippen LogP contribution in [0.5, 0.6) is 11.5 Å². The lowest BCUT2D eigenvalue weighted by atomic mass is 10.1. The molecule has 346 valence electrons. The van der Waals surface area contributed by atoms with Gasteiger partial charge in [0.05, 0.1) is 22.9 Å². The van der Waals surface area contributed by atoms with E-state index in [1.54, 1.807) is 30.3 Å². The van der Waals surface area contributed by atoms with E-state index in [9.17, 15) is 49.9 Å². The first-order chi connectivity index (χ1) is 32.1. The summed E-state index contributed by atoms with van der Waals surface area (Å²) in [5.74, 6) is -2.58. The monoisotopic (exact) mass is 952 g/mol. The van der Waals surface area contributed by atoms with Crippen molar-refractivity contribution >= 4 is 54.3 Å². The molecule has 0 atom stereocenters. The summed E-state index contributed by atoms with van der Waals surface area (Å²) >= 11 is 0. The van der Waals surface area contributed by atoms with Crippen molar-refractivity contribution in [3.05, 3.63) is 176 Å². The molecule has 1 N–H and O–H groups in total. The summed E-state index contributed by atoms with van der Waals surface area (Å²) in [6.45, 7) is 0.678. The Bertz CT molecular complexity index is 3370. The van der Waals surface area contributed by atoms with Gasteiger partial charge in [0, 0.05) is 38.3 Å². The van der Waals surface area contributed by atoms with Gasteiger partial charge in [-0.1, -0.05) is 54.6 Å². The number of anilines is 2. The first-order valence-electron chi connectivity index (χ1n) is 21.1. The molecule has 6 heterocycles. The Morgan fingerprint density at radius 2 is 1.06 bits per heavy atom. The van der Waals surface area contributed by atoms with Crippen LogP contribution in [0.25, 0.3) is 11.3 Å². The number of rotatable bonds is 13. The SMILES string of the molecule is O=C(CCc1ccc(F)cc1)c1nc2ccc(N3CCCS3(=O)=O)cn2c(=O)c1O.O=C(CCc1ccc(F)cc1)c1nc2ccc(N3CCCS3(=O)=O)cn2c(=O)c1OCc1ccccc1. The van der Waals surface area contributed by atoms with Crippen molar-refractivity contribution in [3.8, 4) is 11.5 Å². The molecule has 2 aliphatic rings. The lowest BCUT2D eigenvalue weighted by Crippen LogP contribution is -2.27. The third-order valence-corrected chi connectivity index (χ3v) is 14.9. The van der Waals surface area contributed by atoms with E-state index in [-0.39, 0.29) is 71.0 Å². The summed E-state index contributed by atoms with van der Waals surface area (Å²) in [6.07, 6.45) is 4.35. The van der Waals surface area contributed by atoms with E-state index >= 15 is 0 Å². The minimum atomic E-state index is -3.45. The first kappa shape index (κ1) is 46.2. The van der Waals surface area contributed by atoms with Crippen molar-refractivity contribution in [1.82, 2.24) is 18.8 Å². The Balaban J connectivity index is 0.000000186. The maximum Gasteiger partial charge on any atom is 0.301 e. The summed E-state index contributed by atoms with van der Waals surface area (Å²) < 4.78 is 85.8. The van der Waals surface area contributed by atoms with Crippen molar-refractivity contribution in [2.24, 2.45) is 0 Å². The highest BCUT2D eigenvalue weighted by molar-refractivity contribution is 7.93. The van der Waals surface area contributed by atoms with Crippen LogP contribution >= 0.6 is 0 Å². The van der Waals surface area contributed by atoms with Crippen molar-refractivity contribution in [2.75, 3.05) is 33.2 Å². The molecule has 16 nitrogen and oxygen atoms in total. The summed E-state index contributed by atoms with van der Waals surface area (Å²) in [7, 11) is -6.88. The van der Waals surface area contributed by atoms with Crippen LogP contribution in [-0.2, 0) is 39.5 Å². The van der Waals surface area contributed by atoms with Crippen LogP contribution in [-0.4, -0.2) is 76.9 Å². The van der Waals surface area contributed by atoms with Gasteiger partial charge in [0.15, 0.2) is 23.0 Å². The average molecular weight is 953 g/mol. The number of pyridine rings is 2. The van der Waals surface area contributed by atoms with Crippen molar-refractivity contribution in [1.29, 1.82) is 0 Å². The van der Waals surface area contributed by atoms with E-state index in [4.69, 9.17) is 4.74 Å². The van der Waals surface area contributed by atoms with Crippen LogP contribution in [0.15, 0.2) is 125 Å². The van der Waals surface area contributed by atoms with E-state index in [2.05, 4.69) is 9.97 Å². The molecule has 0 bridgehead atoms. The van der Waals surface area contributed by atoms with Crippen LogP contribution in [0, 0.1) is 11.6 Å². The van der Waals surface area contributed by atoms with Crippen LogP contribution in [0.2, 0.25) is 0 Å². The number of hydrogen-bond donors (Lipinski definition) is 1. The van der Waals surface area contributed by atoms with Crippen LogP contribution < -0.4 is 24.5 Å². The molecular formula is C47H42F2N6O10S2. The van der Waals surface area contributed by atoms with E-state index in [1.807, 2.05) is 30.3 Å². The molecule has 4 aromatic heterocycles. The van der Waals surface area contributed by atoms with Gasteiger partial charge in [-0.3, -0.25) is 36.6 Å². The molecule has 9 rings (SSSR count). The second-order valence-electron chi connectivity index (χ2n) is 15.8. The fourth-order valence-electron chi connectivity index (χ4n) is 7.68. The van der Waals surface area contributed by atoms with Gasteiger partial charge in [0.1, 0.15) is 29.5 Å². The number of fused-ring (bicyclic) bond motifs is 2. The number of benzene rings is 3. The van der Waals surface area contributed by atoms with Crippen LogP contribution in [0.1, 0.15) is 63.4 Å². The summed E-state index contributed by atoms with van der Waals surface area (Å²) in [6, 6.07) is 26.8. The number of halogens is 2. The van der Waals surface area contributed by atoms with E-state index in [0.29, 0.717) is 50.1 Å². The molecule has 0 amide bonds. The third kappa shape index (κ3) is 10.2. The fraction of sp³-hybridized carbons (Fsp3) is 0.234. The average Bonchev–Trinajstić information content (AvgIpc) is 3.88. The number of hydrogen-bond acceptors (Lipinski definition) is 12. The second-order valence-corrected chi connectivity index (χ2v) is 19.8.